The van der Waals surface area contributed by atoms with Crippen molar-refractivity contribution in [3.8, 4) is 11.8 Å². The summed E-state index contributed by atoms with van der Waals surface area (Å²) in [5, 5.41) is 9.38. The van der Waals surface area contributed by atoms with E-state index in [0.717, 1.165) is 36.8 Å². The number of hydrogen-bond donors (Lipinski definition) is 0. The minimum absolute atomic E-state index is 0.612. The maximum Gasteiger partial charge on any atom is 0.121 e. The van der Waals surface area contributed by atoms with Crippen molar-refractivity contribution in [2.45, 2.75) is 64.7 Å². The summed E-state index contributed by atoms with van der Waals surface area (Å²) in [4.78, 5) is 7.34. The number of methoxy groups -OCH3 is 1. The number of benzene rings is 1. The Morgan fingerprint density at radius 1 is 1.16 bits per heavy atom. The Morgan fingerprint density at radius 3 is 2.76 bits per heavy atom. The Bertz CT molecular complexity index is 604. The zero-order valence-corrected chi connectivity index (χ0v) is 15.8. The van der Waals surface area contributed by atoms with E-state index in [1.54, 1.807) is 13.2 Å². The topological polar surface area (TPSA) is 48.6 Å². The summed E-state index contributed by atoms with van der Waals surface area (Å²) in [6.07, 6.45) is 11.1. The van der Waals surface area contributed by atoms with E-state index in [-0.39, 0.29) is 0 Å². The third kappa shape index (κ3) is 6.08. The van der Waals surface area contributed by atoms with E-state index in [1.807, 2.05) is 12.1 Å². The molecule has 0 amide bonds. The SMILES string of the molecule is CCCCCCCN1CCCCCC1=Nc1cc(OC)ccc1C#N. The highest BCUT2D eigenvalue weighted by Gasteiger charge is 2.16. The molecular weight excluding hydrogens is 310 g/mol. The maximum absolute atomic E-state index is 9.38. The van der Waals surface area contributed by atoms with Gasteiger partial charge in [0.2, 0.25) is 0 Å². The number of hydrogen-bond acceptors (Lipinski definition) is 3. The van der Waals surface area contributed by atoms with Crippen LogP contribution in [0.5, 0.6) is 5.75 Å². The fourth-order valence-corrected chi connectivity index (χ4v) is 3.29. The average molecular weight is 341 g/mol. The van der Waals surface area contributed by atoms with Crippen LogP contribution in [-0.2, 0) is 0 Å². The quantitative estimate of drug-likeness (QED) is 0.591. The number of nitrogens with zero attached hydrogens (tertiary/aromatic N) is 3. The summed E-state index contributed by atoms with van der Waals surface area (Å²) in [5.41, 5.74) is 1.34. The van der Waals surface area contributed by atoms with Gasteiger partial charge >= 0.3 is 0 Å². The van der Waals surface area contributed by atoms with Crippen molar-refractivity contribution in [2.24, 2.45) is 4.99 Å². The number of aliphatic imine (C=N–C) groups is 1. The van der Waals surface area contributed by atoms with Gasteiger partial charge in [0.1, 0.15) is 17.7 Å². The van der Waals surface area contributed by atoms with Crippen LogP contribution in [0.15, 0.2) is 23.2 Å². The van der Waals surface area contributed by atoms with Crippen molar-refractivity contribution in [1.82, 2.24) is 4.90 Å². The van der Waals surface area contributed by atoms with Gasteiger partial charge in [-0.1, -0.05) is 39.0 Å². The number of amidine groups is 1. The molecule has 1 aromatic rings. The first-order valence-corrected chi connectivity index (χ1v) is 9.69. The summed E-state index contributed by atoms with van der Waals surface area (Å²) < 4.78 is 5.31. The standard InChI is InChI=1S/C21H31N3O/c1-3-4-5-6-9-14-24-15-10-7-8-11-21(24)23-20-16-19(25-2)13-12-18(20)17-22/h12-13,16H,3-11,14-15H2,1-2H3. The van der Waals surface area contributed by atoms with Crippen LogP contribution in [0.4, 0.5) is 5.69 Å². The van der Waals surface area contributed by atoms with E-state index in [2.05, 4.69) is 17.9 Å². The minimum Gasteiger partial charge on any atom is -0.497 e. The van der Waals surface area contributed by atoms with Crippen LogP contribution >= 0.6 is 0 Å². The first kappa shape index (κ1) is 19.3. The molecule has 0 aliphatic carbocycles. The van der Waals surface area contributed by atoms with Gasteiger partial charge in [-0.15, -0.1) is 0 Å². The molecule has 1 aliphatic heterocycles. The maximum atomic E-state index is 9.38. The van der Waals surface area contributed by atoms with Gasteiger partial charge in [-0.25, -0.2) is 4.99 Å². The number of nitriles is 1. The van der Waals surface area contributed by atoms with Crippen LogP contribution in [-0.4, -0.2) is 30.9 Å². The molecule has 4 heteroatoms. The summed E-state index contributed by atoms with van der Waals surface area (Å²) in [6, 6.07) is 7.74. The van der Waals surface area contributed by atoms with Gasteiger partial charge in [-0.2, -0.15) is 5.26 Å². The third-order valence-electron chi connectivity index (χ3n) is 4.80. The second-order valence-corrected chi connectivity index (χ2v) is 6.73. The Labute approximate surface area is 152 Å². The largest absolute Gasteiger partial charge is 0.497 e. The summed E-state index contributed by atoms with van der Waals surface area (Å²) >= 11 is 0. The lowest BCUT2D eigenvalue weighted by Gasteiger charge is -2.24. The second kappa shape index (κ2) is 10.8. The Morgan fingerprint density at radius 2 is 2.00 bits per heavy atom. The van der Waals surface area contributed by atoms with E-state index in [1.165, 1.54) is 51.4 Å². The Balaban J connectivity index is 2.14. The lowest BCUT2D eigenvalue weighted by atomic mass is 10.1. The molecule has 1 saturated heterocycles. The molecule has 4 nitrogen and oxygen atoms in total. The molecule has 0 bridgehead atoms. The minimum atomic E-state index is 0.612. The van der Waals surface area contributed by atoms with E-state index in [9.17, 15) is 5.26 Å². The summed E-state index contributed by atoms with van der Waals surface area (Å²) in [7, 11) is 1.65. The molecule has 1 fully saturated rings. The molecule has 25 heavy (non-hydrogen) atoms. The van der Waals surface area contributed by atoms with Crippen molar-refractivity contribution in [2.75, 3.05) is 20.2 Å². The first-order chi connectivity index (χ1) is 12.3. The predicted molar refractivity (Wildman–Crippen MR) is 104 cm³/mol. The molecule has 0 unspecified atom stereocenters. The smallest absolute Gasteiger partial charge is 0.121 e. The zero-order valence-electron chi connectivity index (χ0n) is 15.8. The lowest BCUT2D eigenvalue weighted by Crippen LogP contribution is -2.31. The third-order valence-corrected chi connectivity index (χ3v) is 4.80. The molecule has 0 saturated carbocycles. The molecule has 0 atom stereocenters. The van der Waals surface area contributed by atoms with E-state index < -0.39 is 0 Å². The van der Waals surface area contributed by atoms with Gasteiger partial charge in [0.25, 0.3) is 0 Å². The van der Waals surface area contributed by atoms with Gasteiger partial charge in [-0.3, -0.25) is 0 Å². The monoisotopic (exact) mass is 341 g/mol. The molecule has 1 aromatic carbocycles. The normalized spacial score (nSPS) is 16.5. The van der Waals surface area contributed by atoms with Gasteiger partial charge in [0.05, 0.1) is 18.4 Å². The van der Waals surface area contributed by atoms with Crippen molar-refractivity contribution in [3.63, 3.8) is 0 Å². The fourth-order valence-electron chi connectivity index (χ4n) is 3.29. The van der Waals surface area contributed by atoms with E-state index in [4.69, 9.17) is 9.73 Å². The van der Waals surface area contributed by atoms with Crippen molar-refractivity contribution < 1.29 is 4.74 Å². The zero-order chi connectivity index (χ0) is 17.9. The highest BCUT2D eigenvalue weighted by molar-refractivity contribution is 5.86. The van der Waals surface area contributed by atoms with Crippen molar-refractivity contribution in [1.29, 1.82) is 5.26 Å². The number of ether oxygens (including phenoxy) is 1. The molecular formula is C21H31N3O. The van der Waals surface area contributed by atoms with Crippen LogP contribution in [0.3, 0.4) is 0 Å². The molecule has 0 radical (unpaired) electrons. The van der Waals surface area contributed by atoms with Gasteiger partial charge in [0, 0.05) is 25.6 Å². The Kier molecular flexibility index (Phi) is 8.31. The van der Waals surface area contributed by atoms with Gasteiger partial charge in [0.15, 0.2) is 0 Å². The van der Waals surface area contributed by atoms with Crippen LogP contribution in [0.25, 0.3) is 0 Å². The number of likely N-dealkylation sites (tertiary alicyclic amines) is 1. The van der Waals surface area contributed by atoms with Crippen LogP contribution < -0.4 is 4.74 Å². The number of rotatable bonds is 8. The Hall–Kier alpha value is -2.02. The van der Waals surface area contributed by atoms with Gasteiger partial charge in [-0.05, 0) is 31.4 Å². The molecule has 0 aromatic heterocycles. The van der Waals surface area contributed by atoms with E-state index in [0.29, 0.717) is 5.56 Å². The molecule has 1 aliphatic rings. The predicted octanol–water partition coefficient (Wildman–Crippen LogP) is 5.44. The highest BCUT2D eigenvalue weighted by Crippen LogP contribution is 2.26. The highest BCUT2D eigenvalue weighted by atomic mass is 16.5. The van der Waals surface area contributed by atoms with Crippen LogP contribution in [0.1, 0.15) is 70.3 Å². The molecule has 2 rings (SSSR count). The summed E-state index contributed by atoms with van der Waals surface area (Å²) in [6.45, 7) is 4.41. The molecule has 136 valence electrons. The molecule has 0 spiro atoms. The lowest BCUT2D eigenvalue weighted by molar-refractivity contribution is 0.396. The fraction of sp³-hybridized carbons (Fsp3) is 0.619. The average Bonchev–Trinajstić information content (AvgIpc) is 2.86. The number of unbranched alkanes of at least 4 members (excludes halogenated alkanes) is 4. The molecule has 0 N–H and O–H groups in total. The van der Waals surface area contributed by atoms with Crippen molar-refractivity contribution >= 4 is 11.5 Å². The van der Waals surface area contributed by atoms with Crippen LogP contribution in [0.2, 0.25) is 0 Å². The van der Waals surface area contributed by atoms with Crippen molar-refractivity contribution in [3.05, 3.63) is 23.8 Å². The van der Waals surface area contributed by atoms with Crippen LogP contribution in [0, 0.1) is 11.3 Å². The molecule has 1 heterocycles. The first-order valence-electron chi connectivity index (χ1n) is 9.69. The summed E-state index contributed by atoms with van der Waals surface area (Å²) in [5.74, 6) is 1.89. The second-order valence-electron chi connectivity index (χ2n) is 6.73. The van der Waals surface area contributed by atoms with E-state index >= 15 is 0 Å². The van der Waals surface area contributed by atoms with Gasteiger partial charge < -0.3 is 9.64 Å².